The molecule has 136 valence electrons. The molecule has 1 amide bonds. The van der Waals surface area contributed by atoms with Crippen LogP contribution in [0.3, 0.4) is 0 Å². The molecular formula is C17H29N3O4. The Hall–Kier alpha value is -1.44. The van der Waals surface area contributed by atoms with Crippen molar-refractivity contribution >= 4 is 5.91 Å². The molecular weight excluding hydrogens is 310 g/mol. The number of ether oxygens (including phenoxy) is 1. The van der Waals surface area contributed by atoms with Crippen LogP contribution in [0.1, 0.15) is 58.1 Å². The van der Waals surface area contributed by atoms with Crippen molar-refractivity contribution in [1.82, 2.24) is 15.3 Å². The number of aromatic nitrogens is 2. The van der Waals surface area contributed by atoms with Crippen LogP contribution in [-0.4, -0.2) is 35.0 Å². The van der Waals surface area contributed by atoms with Gasteiger partial charge in [-0.3, -0.25) is 4.79 Å². The van der Waals surface area contributed by atoms with Gasteiger partial charge in [0.1, 0.15) is 0 Å². The molecule has 0 spiro atoms. The maximum atomic E-state index is 11.3. The molecule has 7 nitrogen and oxygen atoms in total. The molecule has 3 unspecified atom stereocenters. The lowest BCUT2D eigenvalue weighted by Crippen LogP contribution is -2.53. The fourth-order valence-corrected chi connectivity index (χ4v) is 3.25. The number of rotatable bonds is 9. The molecule has 0 aromatic carbocycles. The third-order valence-corrected chi connectivity index (χ3v) is 4.58. The van der Waals surface area contributed by atoms with Crippen LogP contribution in [-0.2, 0) is 25.7 Å². The summed E-state index contributed by atoms with van der Waals surface area (Å²) in [5.74, 6) is -0.774. The van der Waals surface area contributed by atoms with E-state index in [0.717, 1.165) is 44.2 Å². The number of hydrogen-bond acceptors (Lipinski definition) is 5. The Morgan fingerprint density at radius 1 is 1.54 bits per heavy atom. The SMILES string of the molecule is CCCCCC1(OC)OOC(NC(C)=O)CC1CCc1cnc[nH]1. The minimum atomic E-state index is -0.760. The summed E-state index contributed by atoms with van der Waals surface area (Å²) in [7, 11) is 1.66. The van der Waals surface area contributed by atoms with Crippen molar-refractivity contribution in [2.45, 2.75) is 70.8 Å². The van der Waals surface area contributed by atoms with Crippen molar-refractivity contribution in [3.8, 4) is 0 Å². The second-order valence-electron chi connectivity index (χ2n) is 6.39. The molecule has 1 saturated heterocycles. The first-order valence-electron chi connectivity index (χ1n) is 8.73. The van der Waals surface area contributed by atoms with Crippen molar-refractivity contribution in [2.75, 3.05) is 7.11 Å². The molecule has 2 rings (SSSR count). The minimum Gasteiger partial charge on any atom is -0.350 e. The van der Waals surface area contributed by atoms with Gasteiger partial charge in [-0.25, -0.2) is 9.87 Å². The summed E-state index contributed by atoms with van der Waals surface area (Å²) in [6.45, 7) is 3.64. The lowest BCUT2D eigenvalue weighted by molar-refractivity contribution is -0.485. The first kappa shape index (κ1) is 18.9. The zero-order valence-electron chi connectivity index (χ0n) is 14.8. The number of amides is 1. The Morgan fingerprint density at radius 2 is 2.38 bits per heavy atom. The van der Waals surface area contributed by atoms with E-state index in [9.17, 15) is 4.79 Å². The molecule has 7 heteroatoms. The average Bonchev–Trinajstić information content (AvgIpc) is 3.08. The van der Waals surface area contributed by atoms with Crippen molar-refractivity contribution in [3.63, 3.8) is 0 Å². The predicted octanol–water partition coefficient (Wildman–Crippen LogP) is 2.70. The summed E-state index contributed by atoms with van der Waals surface area (Å²) in [6, 6.07) is 0. The molecule has 1 aliphatic rings. The van der Waals surface area contributed by atoms with Gasteiger partial charge in [0.25, 0.3) is 0 Å². The number of imidazole rings is 1. The van der Waals surface area contributed by atoms with Crippen molar-refractivity contribution < 1.29 is 19.3 Å². The van der Waals surface area contributed by atoms with Gasteiger partial charge in [0, 0.05) is 44.7 Å². The first-order chi connectivity index (χ1) is 11.6. The van der Waals surface area contributed by atoms with Gasteiger partial charge in [-0.15, -0.1) is 0 Å². The maximum absolute atomic E-state index is 11.3. The highest BCUT2D eigenvalue weighted by molar-refractivity contribution is 5.72. The van der Waals surface area contributed by atoms with Crippen molar-refractivity contribution in [2.24, 2.45) is 5.92 Å². The highest BCUT2D eigenvalue weighted by Crippen LogP contribution is 2.39. The van der Waals surface area contributed by atoms with Crippen LogP contribution < -0.4 is 5.32 Å². The van der Waals surface area contributed by atoms with E-state index in [2.05, 4.69) is 22.2 Å². The zero-order chi connectivity index (χ0) is 17.4. The van der Waals surface area contributed by atoms with Gasteiger partial charge in [0.15, 0.2) is 6.23 Å². The molecule has 0 aliphatic carbocycles. The summed E-state index contributed by atoms with van der Waals surface area (Å²) in [6.07, 6.45) is 9.48. The molecule has 3 atom stereocenters. The summed E-state index contributed by atoms with van der Waals surface area (Å²) in [4.78, 5) is 29.6. The van der Waals surface area contributed by atoms with E-state index in [-0.39, 0.29) is 11.8 Å². The number of unbranched alkanes of at least 4 members (excludes halogenated alkanes) is 2. The van der Waals surface area contributed by atoms with Crippen LogP contribution in [0.2, 0.25) is 0 Å². The van der Waals surface area contributed by atoms with E-state index in [1.165, 1.54) is 6.92 Å². The zero-order valence-corrected chi connectivity index (χ0v) is 14.8. The van der Waals surface area contributed by atoms with Crippen LogP contribution in [0.5, 0.6) is 0 Å². The van der Waals surface area contributed by atoms with E-state index in [1.54, 1.807) is 13.4 Å². The molecule has 1 fully saturated rings. The largest absolute Gasteiger partial charge is 0.350 e. The fourth-order valence-electron chi connectivity index (χ4n) is 3.25. The minimum absolute atomic E-state index is 0.119. The standard InChI is InChI=1S/C17H29N3O4/c1-4-5-6-9-17(22-3)14(7-8-15-11-18-12-19-15)10-16(23-24-17)20-13(2)21/h11-12,14,16H,4-10H2,1-3H3,(H,18,19)(H,20,21). The number of aromatic amines is 1. The normalized spacial score (nSPS) is 27.1. The predicted molar refractivity (Wildman–Crippen MR) is 88.7 cm³/mol. The number of nitrogens with zero attached hydrogens (tertiary/aromatic N) is 1. The summed E-state index contributed by atoms with van der Waals surface area (Å²) in [5.41, 5.74) is 1.08. The van der Waals surface area contributed by atoms with Crippen LogP contribution in [0, 0.1) is 5.92 Å². The van der Waals surface area contributed by atoms with E-state index in [0.29, 0.717) is 6.42 Å². The number of nitrogens with one attached hydrogen (secondary N) is 2. The summed E-state index contributed by atoms with van der Waals surface area (Å²) >= 11 is 0. The van der Waals surface area contributed by atoms with Gasteiger partial charge in [0.2, 0.25) is 11.7 Å². The molecule has 1 aromatic rings. The van der Waals surface area contributed by atoms with Crippen molar-refractivity contribution in [3.05, 3.63) is 18.2 Å². The highest BCUT2D eigenvalue weighted by atomic mass is 17.2. The van der Waals surface area contributed by atoms with Crippen LogP contribution in [0.4, 0.5) is 0 Å². The number of carbonyl (C=O) groups excluding carboxylic acids is 1. The Morgan fingerprint density at radius 3 is 3.00 bits per heavy atom. The van der Waals surface area contributed by atoms with Gasteiger partial charge in [-0.05, 0) is 19.3 Å². The van der Waals surface area contributed by atoms with Crippen molar-refractivity contribution in [1.29, 1.82) is 0 Å². The molecule has 1 aromatic heterocycles. The number of hydrogen-bond donors (Lipinski definition) is 2. The number of H-pyrrole nitrogens is 1. The molecule has 0 saturated carbocycles. The number of aryl methyl sites for hydroxylation is 1. The maximum Gasteiger partial charge on any atom is 0.218 e. The number of carbonyl (C=O) groups is 1. The summed E-state index contributed by atoms with van der Waals surface area (Å²) in [5, 5.41) is 2.77. The van der Waals surface area contributed by atoms with E-state index in [1.807, 2.05) is 6.20 Å². The molecule has 0 radical (unpaired) electrons. The van der Waals surface area contributed by atoms with Gasteiger partial charge in [-0.1, -0.05) is 19.8 Å². The second kappa shape index (κ2) is 9.15. The van der Waals surface area contributed by atoms with Crippen LogP contribution in [0.25, 0.3) is 0 Å². The Kier molecular flexibility index (Phi) is 7.20. The van der Waals surface area contributed by atoms with E-state index < -0.39 is 12.0 Å². The highest BCUT2D eigenvalue weighted by Gasteiger charge is 2.46. The lowest BCUT2D eigenvalue weighted by atomic mass is 9.85. The lowest BCUT2D eigenvalue weighted by Gasteiger charge is -2.44. The van der Waals surface area contributed by atoms with Crippen LogP contribution >= 0.6 is 0 Å². The molecule has 2 N–H and O–H groups in total. The van der Waals surface area contributed by atoms with E-state index in [4.69, 9.17) is 14.5 Å². The Balaban J connectivity index is 2.05. The molecule has 0 bridgehead atoms. The van der Waals surface area contributed by atoms with Crippen LogP contribution in [0.15, 0.2) is 12.5 Å². The monoisotopic (exact) mass is 339 g/mol. The Bertz CT molecular complexity index is 494. The molecule has 2 heterocycles. The smallest absolute Gasteiger partial charge is 0.218 e. The molecule has 24 heavy (non-hydrogen) atoms. The fraction of sp³-hybridized carbons (Fsp3) is 0.765. The van der Waals surface area contributed by atoms with Gasteiger partial charge in [-0.2, -0.15) is 4.89 Å². The third-order valence-electron chi connectivity index (χ3n) is 4.58. The second-order valence-corrected chi connectivity index (χ2v) is 6.39. The number of methoxy groups -OCH3 is 1. The van der Waals surface area contributed by atoms with Gasteiger partial charge in [0.05, 0.1) is 6.33 Å². The summed E-state index contributed by atoms with van der Waals surface area (Å²) < 4.78 is 5.78. The van der Waals surface area contributed by atoms with Gasteiger partial charge >= 0.3 is 0 Å². The molecule has 1 aliphatic heterocycles. The Labute approximate surface area is 143 Å². The quantitative estimate of drug-likeness (QED) is 0.534. The van der Waals surface area contributed by atoms with Gasteiger partial charge < -0.3 is 15.0 Å². The third kappa shape index (κ3) is 5.03. The first-order valence-corrected chi connectivity index (χ1v) is 8.73. The van der Waals surface area contributed by atoms with E-state index >= 15 is 0 Å². The topological polar surface area (TPSA) is 85.5 Å². The average molecular weight is 339 g/mol.